The highest BCUT2D eigenvalue weighted by Gasteiger charge is 2.06. The van der Waals surface area contributed by atoms with Gasteiger partial charge < -0.3 is 24.8 Å². The van der Waals surface area contributed by atoms with E-state index in [0.717, 1.165) is 23.3 Å². The predicted octanol–water partition coefficient (Wildman–Crippen LogP) is 1.75. The van der Waals surface area contributed by atoms with Gasteiger partial charge in [-0.3, -0.25) is 4.99 Å². The summed E-state index contributed by atoms with van der Waals surface area (Å²) >= 11 is 0. The third-order valence-corrected chi connectivity index (χ3v) is 4.69. The van der Waals surface area contributed by atoms with Crippen molar-refractivity contribution in [3.05, 3.63) is 29.3 Å². The molecule has 0 unspecified atom stereocenters. The highest BCUT2D eigenvalue weighted by atomic mass is 127. The molecule has 10 heteroatoms. The van der Waals surface area contributed by atoms with Crippen LogP contribution >= 0.6 is 24.0 Å². The lowest BCUT2D eigenvalue weighted by atomic mass is 10.1. The molecule has 1 aromatic carbocycles. The molecule has 2 N–H and O–H groups in total. The molecule has 0 radical (unpaired) electrons. The largest absolute Gasteiger partial charge is 0.493 e. The zero-order valence-electron chi connectivity index (χ0n) is 17.7. The zero-order valence-corrected chi connectivity index (χ0v) is 20.8. The van der Waals surface area contributed by atoms with E-state index in [2.05, 4.69) is 15.6 Å². The van der Waals surface area contributed by atoms with Crippen LogP contribution < -0.4 is 15.4 Å². The van der Waals surface area contributed by atoms with Gasteiger partial charge >= 0.3 is 0 Å². The third-order valence-electron chi connectivity index (χ3n) is 3.78. The van der Waals surface area contributed by atoms with E-state index in [1.807, 2.05) is 25.1 Å². The molecule has 0 aliphatic heterocycles. The highest BCUT2D eigenvalue weighted by Crippen LogP contribution is 2.20. The van der Waals surface area contributed by atoms with Crippen molar-refractivity contribution in [2.24, 2.45) is 4.99 Å². The quantitative estimate of drug-likeness (QED) is 0.169. The molecule has 0 aliphatic carbocycles. The van der Waals surface area contributed by atoms with E-state index >= 15 is 0 Å². The van der Waals surface area contributed by atoms with E-state index < -0.39 is 9.84 Å². The normalized spacial score (nSPS) is 11.7. The van der Waals surface area contributed by atoms with Gasteiger partial charge in [0, 0.05) is 52.1 Å². The van der Waals surface area contributed by atoms with Crippen LogP contribution in [0.4, 0.5) is 0 Å². The summed E-state index contributed by atoms with van der Waals surface area (Å²) in [5.41, 5.74) is 2.18. The number of benzene rings is 1. The number of nitrogens with one attached hydrogen (secondary N) is 2. The van der Waals surface area contributed by atoms with Gasteiger partial charge in [-0.05, 0) is 18.6 Å². The van der Waals surface area contributed by atoms with Gasteiger partial charge in [0.25, 0.3) is 0 Å². The summed E-state index contributed by atoms with van der Waals surface area (Å²) in [5.74, 6) is 1.52. The molecule has 0 aliphatic rings. The van der Waals surface area contributed by atoms with E-state index in [9.17, 15) is 8.42 Å². The van der Waals surface area contributed by atoms with Crippen LogP contribution in [0.15, 0.2) is 23.2 Å². The molecule has 8 nitrogen and oxygen atoms in total. The van der Waals surface area contributed by atoms with Crippen molar-refractivity contribution in [2.45, 2.75) is 19.9 Å². The Morgan fingerprint density at radius 3 is 2.55 bits per heavy atom. The van der Waals surface area contributed by atoms with Crippen LogP contribution in [-0.4, -0.2) is 73.5 Å². The molecule has 0 atom stereocenters. The molecule has 0 heterocycles. The number of hydrogen-bond donors (Lipinski definition) is 2. The molecule has 0 aromatic heterocycles. The minimum absolute atomic E-state index is 0. The van der Waals surface area contributed by atoms with Crippen molar-refractivity contribution in [1.82, 2.24) is 10.6 Å². The Morgan fingerprint density at radius 1 is 1.14 bits per heavy atom. The van der Waals surface area contributed by atoms with Crippen LogP contribution in [0.25, 0.3) is 0 Å². The third kappa shape index (κ3) is 13.7. The number of aliphatic imine (C=N–C) groups is 1. The summed E-state index contributed by atoms with van der Waals surface area (Å²) in [7, 11) is 0.380. The van der Waals surface area contributed by atoms with Gasteiger partial charge in [0.15, 0.2) is 5.96 Å². The Labute approximate surface area is 191 Å². The first-order valence-corrected chi connectivity index (χ1v) is 11.3. The summed E-state index contributed by atoms with van der Waals surface area (Å²) in [5, 5.41) is 6.38. The molecule has 168 valence electrons. The average molecular weight is 543 g/mol. The molecule has 0 bridgehead atoms. The summed E-state index contributed by atoms with van der Waals surface area (Å²) < 4.78 is 38.3. The Kier molecular flexibility index (Phi) is 15.1. The van der Waals surface area contributed by atoms with Crippen LogP contribution in [0.5, 0.6) is 5.75 Å². The standard InChI is InChI=1S/C19H33N3O5S.HI/c1-16-6-7-17(18(14-16)27-10-5-9-25-3)15-22-19(20-2)21-8-11-26-12-13-28(4,23)24;/h6-7,14H,5,8-13,15H2,1-4H3,(H2,20,21,22);1H. The van der Waals surface area contributed by atoms with Crippen LogP contribution in [0, 0.1) is 6.92 Å². The van der Waals surface area contributed by atoms with Crippen molar-refractivity contribution in [1.29, 1.82) is 0 Å². The van der Waals surface area contributed by atoms with Gasteiger partial charge in [-0.2, -0.15) is 0 Å². The minimum atomic E-state index is -2.99. The Balaban J connectivity index is 0.00000784. The molecule has 1 aromatic rings. The molecule has 0 fully saturated rings. The van der Waals surface area contributed by atoms with Crippen LogP contribution in [0.2, 0.25) is 0 Å². The van der Waals surface area contributed by atoms with Gasteiger partial charge in [0.1, 0.15) is 15.6 Å². The van der Waals surface area contributed by atoms with Crippen LogP contribution in [0.1, 0.15) is 17.5 Å². The second kappa shape index (κ2) is 15.7. The second-order valence-electron chi connectivity index (χ2n) is 6.40. The monoisotopic (exact) mass is 543 g/mol. The van der Waals surface area contributed by atoms with E-state index in [4.69, 9.17) is 14.2 Å². The zero-order chi connectivity index (χ0) is 20.8. The highest BCUT2D eigenvalue weighted by molar-refractivity contribution is 14.0. The van der Waals surface area contributed by atoms with Crippen molar-refractivity contribution in [3.63, 3.8) is 0 Å². The van der Waals surface area contributed by atoms with E-state index in [1.54, 1.807) is 14.2 Å². The molecule has 0 spiro atoms. The first kappa shape index (κ1) is 27.9. The van der Waals surface area contributed by atoms with Gasteiger partial charge in [-0.15, -0.1) is 24.0 Å². The topological polar surface area (TPSA) is 98.3 Å². The fraction of sp³-hybridized carbons (Fsp3) is 0.632. The van der Waals surface area contributed by atoms with E-state index in [0.29, 0.717) is 38.9 Å². The van der Waals surface area contributed by atoms with Crippen molar-refractivity contribution >= 4 is 39.8 Å². The van der Waals surface area contributed by atoms with Crippen LogP contribution in [0.3, 0.4) is 0 Å². The number of nitrogens with zero attached hydrogens (tertiary/aromatic N) is 1. The number of methoxy groups -OCH3 is 1. The number of hydrogen-bond acceptors (Lipinski definition) is 6. The molecular weight excluding hydrogens is 509 g/mol. The first-order valence-electron chi connectivity index (χ1n) is 9.27. The molecule has 0 saturated carbocycles. The number of halogens is 1. The molecular formula is C19H34IN3O5S. The summed E-state index contributed by atoms with van der Waals surface area (Å²) in [6.07, 6.45) is 2.03. The van der Waals surface area contributed by atoms with Gasteiger partial charge in [0.2, 0.25) is 0 Å². The Morgan fingerprint density at radius 2 is 1.90 bits per heavy atom. The molecule has 29 heavy (non-hydrogen) atoms. The number of ether oxygens (including phenoxy) is 3. The average Bonchev–Trinajstić information content (AvgIpc) is 2.64. The lowest BCUT2D eigenvalue weighted by Crippen LogP contribution is -2.38. The summed E-state index contributed by atoms with van der Waals surface area (Å²) in [6.45, 7) is 4.98. The number of sulfone groups is 1. The lowest BCUT2D eigenvalue weighted by molar-refractivity contribution is 0.154. The molecule has 1 rings (SSSR count). The molecule has 0 amide bonds. The van der Waals surface area contributed by atoms with Gasteiger partial charge in [0.05, 0.1) is 25.6 Å². The summed E-state index contributed by atoms with van der Waals surface area (Å²) in [6, 6.07) is 6.11. The van der Waals surface area contributed by atoms with Gasteiger partial charge in [-0.25, -0.2) is 8.42 Å². The number of aryl methyl sites for hydroxylation is 1. The van der Waals surface area contributed by atoms with Crippen molar-refractivity contribution in [3.8, 4) is 5.75 Å². The fourth-order valence-corrected chi connectivity index (χ4v) is 2.70. The smallest absolute Gasteiger partial charge is 0.191 e. The Bertz CT molecular complexity index is 714. The summed E-state index contributed by atoms with van der Waals surface area (Å²) in [4.78, 5) is 4.18. The lowest BCUT2D eigenvalue weighted by Gasteiger charge is -2.15. The van der Waals surface area contributed by atoms with E-state index in [-0.39, 0.29) is 36.3 Å². The molecule has 0 saturated heterocycles. The number of rotatable bonds is 13. The van der Waals surface area contributed by atoms with Crippen molar-refractivity contribution < 1.29 is 22.6 Å². The predicted molar refractivity (Wildman–Crippen MR) is 127 cm³/mol. The SMILES string of the molecule is CN=C(NCCOCCS(C)(=O)=O)NCc1ccc(C)cc1OCCCOC.I. The van der Waals surface area contributed by atoms with Crippen molar-refractivity contribution in [2.75, 3.05) is 59.1 Å². The van der Waals surface area contributed by atoms with E-state index in [1.165, 1.54) is 6.26 Å². The minimum Gasteiger partial charge on any atom is -0.493 e. The maximum atomic E-state index is 11.0. The first-order chi connectivity index (χ1) is 13.4. The maximum absolute atomic E-state index is 11.0. The maximum Gasteiger partial charge on any atom is 0.191 e. The van der Waals surface area contributed by atoms with Gasteiger partial charge in [-0.1, -0.05) is 12.1 Å². The fourth-order valence-electron chi connectivity index (χ4n) is 2.28. The number of guanidine groups is 1. The second-order valence-corrected chi connectivity index (χ2v) is 8.66. The Hall–Kier alpha value is -1.11. The van der Waals surface area contributed by atoms with Crippen LogP contribution in [-0.2, 0) is 25.9 Å².